The molecule has 2 aromatic rings. The zero-order chi connectivity index (χ0) is 26.4. The van der Waals surface area contributed by atoms with E-state index >= 15 is 0 Å². The highest BCUT2D eigenvalue weighted by Gasteiger charge is 2.38. The van der Waals surface area contributed by atoms with E-state index in [1.54, 1.807) is 11.0 Å². The van der Waals surface area contributed by atoms with Gasteiger partial charge in [-0.2, -0.15) is 0 Å². The molecule has 0 spiro atoms. The summed E-state index contributed by atoms with van der Waals surface area (Å²) in [7, 11) is 0. The minimum Gasteiger partial charge on any atom is -0.507 e. The van der Waals surface area contributed by atoms with Gasteiger partial charge in [0.25, 0.3) is 11.1 Å². The predicted molar refractivity (Wildman–Crippen MR) is 144 cm³/mol. The molecule has 6 nitrogen and oxygen atoms in total. The number of fused-ring (bicyclic) bond motifs is 1. The Balaban J connectivity index is 1.57. The molecule has 2 aliphatic rings. The zero-order valence-corrected chi connectivity index (χ0v) is 22.7. The van der Waals surface area contributed by atoms with Crippen molar-refractivity contribution in [1.29, 1.82) is 0 Å². The number of carbonyl (C=O) groups is 3. The number of thioether (sulfide) groups is 1. The van der Waals surface area contributed by atoms with Crippen molar-refractivity contribution in [2.24, 2.45) is 0 Å². The molecule has 2 aromatic carbocycles. The minimum absolute atomic E-state index is 0.234. The highest BCUT2D eigenvalue weighted by atomic mass is 32.2. The summed E-state index contributed by atoms with van der Waals surface area (Å²) < 4.78 is 0. The molecule has 0 saturated carbocycles. The van der Waals surface area contributed by atoms with E-state index in [1.807, 2.05) is 71.9 Å². The molecule has 0 atom stereocenters. The SMILES string of the molecule is CC(C)(C)c1cc(/C=C2\SC(=O)N(CC(=O)N3CCc4ccccc4C3)C2=O)cc(C(C)(C)C)c1O. The number of rotatable bonds is 3. The van der Waals surface area contributed by atoms with Crippen molar-refractivity contribution in [3.8, 4) is 5.75 Å². The van der Waals surface area contributed by atoms with Crippen molar-refractivity contribution in [2.45, 2.75) is 65.3 Å². The Bertz CT molecular complexity index is 1230. The quantitative estimate of drug-likeness (QED) is 0.548. The molecular weight excluding hydrogens is 472 g/mol. The maximum absolute atomic E-state index is 13.2. The summed E-state index contributed by atoms with van der Waals surface area (Å²) in [5, 5.41) is 10.5. The van der Waals surface area contributed by atoms with Crippen LogP contribution in [-0.2, 0) is 33.4 Å². The number of imide groups is 1. The molecule has 1 saturated heterocycles. The molecule has 0 aliphatic carbocycles. The van der Waals surface area contributed by atoms with Crippen molar-refractivity contribution in [3.63, 3.8) is 0 Å². The lowest BCUT2D eigenvalue weighted by atomic mass is 9.78. The van der Waals surface area contributed by atoms with Gasteiger partial charge < -0.3 is 10.0 Å². The van der Waals surface area contributed by atoms with Crippen molar-refractivity contribution in [3.05, 3.63) is 69.1 Å². The van der Waals surface area contributed by atoms with Gasteiger partial charge in [0.05, 0.1) is 4.91 Å². The van der Waals surface area contributed by atoms with Gasteiger partial charge in [-0.05, 0) is 63.9 Å². The maximum Gasteiger partial charge on any atom is 0.294 e. The molecule has 0 radical (unpaired) electrons. The number of amides is 3. The molecular formula is C29H34N2O4S. The number of phenolic OH excluding ortho intramolecular Hbond substituents is 1. The number of benzene rings is 2. The summed E-state index contributed by atoms with van der Waals surface area (Å²) in [6.07, 6.45) is 2.45. The standard InChI is InChI=1S/C29H34N2O4S/c1-28(2,3)21-13-18(14-22(25(21)33)29(4,5)6)15-23-26(34)31(27(35)36-23)17-24(32)30-12-11-19-9-7-8-10-20(19)16-30/h7-10,13-15,33H,11-12,16-17H2,1-6H3/b23-15-. The smallest absolute Gasteiger partial charge is 0.294 e. The molecule has 0 bridgehead atoms. The molecule has 3 amide bonds. The topological polar surface area (TPSA) is 77.9 Å². The summed E-state index contributed by atoms with van der Waals surface area (Å²) in [6.45, 7) is 12.9. The molecule has 190 valence electrons. The van der Waals surface area contributed by atoms with Crippen molar-refractivity contribution < 1.29 is 19.5 Å². The van der Waals surface area contributed by atoms with E-state index in [4.69, 9.17) is 0 Å². The van der Waals surface area contributed by atoms with E-state index in [1.165, 1.54) is 5.56 Å². The molecule has 1 N–H and O–H groups in total. The fraction of sp³-hybridized carbons (Fsp3) is 0.414. The third-order valence-electron chi connectivity index (χ3n) is 6.70. The molecule has 7 heteroatoms. The number of hydrogen-bond acceptors (Lipinski definition) is 5. The van der Waals surface area contributed by atoms with Gasteiger partial charge in [0.15, 0.2) is 0 Å². The van der Waals surface area contributed by atoms with Gasteiger partial charge in [0, 0.05) is 24.2 Å². The molecule has 2 aliphatic heterocycles. The summed E-state index contributed by atoms with van der Waals surface area (Å²) in [5.74, 6) is -0.435. The highest BCUT2D eigenvalue weighted by Crippen LogP contribution is 2.41. The first-order valence-corrected chi connectivity index (χ1v) is 13.1. The first kappa shape index (κ1) is 26.0. The van der Waals surface area contributed by atoms with Crippen LogP contribution < -0.4 is 0 Å². The lowest BCUT2D eigenvalue weighted by Gasteiger charge is -2.29. The van der Waals surface area contributed by atoms with Crippen LogP contribution in [0, 0.1) is 0 Å². The van der Waals surface area contributed by atoms with Crippen LogP contribution >= 0.6 is 11.8 Å². The van der Waals surface area contributed by atoms with E-state index in [-0.39, 0.29) is 33.9 Å². The number of carbonyl (C=O) groups excluding carboxylic acids is 3. The Morgan fingerprint density at radius 2 is 1.58 bits per heavy atom. The first-order chi connectivity index (χ1) is 16.8. The van der Waals surface area contributed by atoms with Crippen LogP contribution in [0.1, 0.15) is 69.4 Å². The van der Waals surface area contributed by atoms with Crippen LogP contribution in [0.15, 0.2) is 41.3 Å². The van der Waals surface area contributed by atoms with Crippen LogP contribution in [0.2, 0.25) is 0 Å². The van der Waals surface area contributed by atoms with E-state index < -0.39 is 11.1 Å². The van der Waals surface area contributed by atoms with Crippen molar-refractivity contribution >= 4 is 34.9 Å². The zero-order valence-electron chi connectivity index (χ0n) is 21.8. The Kier molecular flexibility index (Phi) is 6.82. The van der Waals surface area contributed by atoms with Gasteiger partial charge in [0.1, 0.15) is 12.3 Å². The van der Waals surface area contributed by atoms with Gasteiger partial charge in [0.2, 0.25) is 5.91 Å². The van der Waals surface area contributed by atoms with Gasteiger partial charge in [-0.3, -0.25) is 19.3 Å². The lowest BCUT2D eigenvalue weighted by molar-refractivity contribution is -0.136. The third kappa shape index (κ3) is 5.21. The fourth-order valence-corrected chi connectivity index (χ4v) is 5.45. The monoisotopic (exact) mass is 506 g/mol. The second-order valence-electron chi connectivity index (χ2n) is 11.6. The van der Waals surface area contributed by atoms with E-state index in [0.29, 0.717) is 13.1 Å². The fourth-order valence-electron chi connectivity index (χ4n) is 4.62. The van der Waals surface area contributed by atoms with Crippen LogP contribution in [0.25, 0.3) is 6.08 Å². The van der Waals surface area contributed by atoms with Crippen LogP contribution in [0.3, 0.4) is 0 Å². The Morgan fingerprint density at radius 1 is 1.00 bits per heavy atom. The second kappa shape index (κ2) is 9.43. The Hall–Kier alpha value is -3.06. The van der Waals surface area contributed by atoms with Crippen LogP contribution in [0.5, 0.6) is 5.75 Å². The molecule has 0 aromatic heterocycles. The normalized spacial score (nSPS) is 17.7. The van der Waals surface area contributed by atoms with E-state index in [0.717, 1.165) is 45.3 Å². The van der Waals surface area contributed by atoms with Crippen molar-refractivity contribution in [1.82, 2.24) is 9.80 Å². The van der Waals surface area contributed by atoms with Gasteiger partial charge in [-0.1, -0.05) is 65.8 Å². The molecule has 1 fully saturated rings. The third-order valence-corrected chi connectivity index (χ3v) is 7.60. The summed E-state index contributed by atoms with van der Waals surface area (Å²) in [4.78, 5) is 41.9. The molecule has 2 heterocycles. The Morgan fingerprint density at radius 3 is 2.17 bits per heavy atom. The summed E-state index contributed by atoms with van der Waals surface area (Å²) in [6, 6.07) is 11.8. The Labute approximate surface area is 217 Å². The van der Waals surface area contributed by atoms with E-state index in [2.05, 4.69) is 6.07 Å². The largest absolute Gasteiger partial charge is 0.507 e. The number of hydrogen-bond donors (Lipinski definition) is 1. The molecule has 0 unspecified atom stereocenters. The van der Waals surface area contributed by atoms with Gasteiger partial charge in [-0.15, -0.1) is 0 Å². The highest BCUT2D eigenvalue weighted by molar-refractivity contribution is 8.18. The van der Waals surface area contributed by atoms with Gasteiger partial charge in [-0.25, -0.2) is 0 Å². The van der Waals surface area contributed by atoms with Crippen LogP contribution in [0.4, 0.5) is 4.79 Å². The average Bonchev–Trinajstić information content (AvgIpc) is 3.05. The molecule has 36 heavy (non-hydrogen) atoms. The average molecular weight is 507 g/mol. The number of phenols is 1. The second-order valence-corrected chi connectivity index (χ2v) is 12.6. The van der Waals surface area contributed by atoms with E-state index in [9.17, 15) is 19.5 Å². The number of nitrogens with zero attached hydrogens (tertiary/aromatic N) is 2. The maximum atomic E-state index is 13.2. The summed E-state index contributed by atoms with van der Waals surface area (Å²) >= 11 is 0.850. The molecule has 4 rings (SSSR count). The van der Waals surface area contributed by atoms with Crippen LogP contribution in [-0.4, -0.2) is 45.0 Å². The van der Waals surface area contributed by atoms with Crippen molar-refractivity contribution in [2.75, 3.05) is 13.1 Å². The first-order valence-electron chi connectivity index (χ1n) is 12.2. The van der Waals surface area contributed by atoms with Gasteiger partial charge >= 0.3 is 0 Å². The lowest BCUT2D eigenvalue weighted by Crippen LogP contribution is -2.44. The predicted octanol–water partition coefficient (Wildman–Crippen LogP) is 5.61. The summed E-state index contributed by atoms with van der Waals surface area (Å²) in [5.41, 5.74) is 4.00. The minimum atomic E-state index is -0.460. The number of aromatic hydroxyl groups is 1.